The van der Waals surface area contributed by atoms with Gasteiger partial charge in [0.05, 0.1) is 29.5 Å². The van der Waals surface area contributed by atoms with Crippen molar-refractivity contribution < 1.29 is 36.2 Å². The van der Waals surface area contributed by atoms with Crippen LogP contribution < -0.4 is 10.6 Å². The number of rotatable bonds is 6. The van der Waals surface area contributed by atoms with Gasteiger partial charge in [0.25, 0.3) is 5.91 Å². The summed E-state index contributed by atoms with van der Waals surface area (Å²) >= 11 is 0. The van der Waals surface area contributed by atoms with Crippen LogP contribution in [0.25, 0.3) is 5.65 Å². The van der Waals surface area contributed by atoms with E-state index in [0.29, 0.717) is 22.6 Å². The van der Waals surface area contributed by atoms with Gasteiger partial charge in [0.2, 0.25) is 11.8 Å². The molecule has 4 aliphatic rings. The molecular formula is C26H26F5N7O3. The van der Waals surface area contributed by atoms with Crippen molar-refractivity contribution in [1.29, 1.82) is 0 Å². The molecule has 3 aliphatic carbocycles. The molecule has 15 heteroatoms. The second kappa shape index (κ2) is 8.92. The van der Waals surface area contributed by atoms with Crippen LogP contribution in [0.1, 0.15) is 96.7 Å². The number of aromatic nitrogens is 5. The Hall–Kier alpha value is -3.65. The van der Waals surface area contributed by atoms with Gasteiger partial charge in [-0.15, -0.1) is 0 Å². The average Bonchev–Trinajstić information content (AvgIpc) is 3.73. The predicted octanol–water partition coefficient (Wildman–Crippen LogP) is 4.21. The van der Waals surface area contributed by atoms with Gasteiger partial charge in [0.1, 0.15) is 11.7 Å². The first-order valence-electron chi connectivity index (χ1n) is 13.7. The molecule has 3 aromatic heterocycles. The van der Waals surface area contributed by atoms with E-state index in [4.69, 9.17) is 4.63 Å². The maximum atomic E-state index is 14.0. The minimum absolute atomic E-state index is 0.0637. The first kappa shape index (κ1) is 26.3. The summed E-state index contributed by atoms with van der Waals surface area (Å²) in [6.07, 6.45) is -0.0226. The summed E-state index contributed by atoms with van der Waals surface area (Å²) in [5.41, 5.74) is 0.781. The fourth-order valence-electron chi connectivity index (χ4n) is 6.49. The lowest BCUT2D eigenvalue weighted by Crippen LogP contribution is -2.38. The number of fused-ring (bicyclic) bond motifs is 1. The molecule has 3 aromatic rings. The van der Waals surface area contributed by atoms with E-state index in [9.17, 15) is 31.5 Å². The monoisotopic (exact) mass is 579 g/mol. The quantitative estimate of drug-likeness (QED) is 0.419. The molecule has 4 atom stereocenters. The van der Waals surface area contributed by atoms with Gasteiger partial charge in [-0.25, -0.2) is 22.9 Å². The van der Waals surface area contributed by atoms with Gasteiger partial charge in [-0.3, -0.25) is 9.59 Å². The van der Waals surface area contributed by atoms with Crippen LogP contribution in [-0.4, -0.2) is 54.9 Å². The van der Waals surface area contributed by atoms with Crippen LogP contribution in [0.4, 0.5) is 22.0 Å². The van der Waals surface area contributed by atoms with E-state index in [2.05, 4.69) is 31.0 Å². The van der Waals surface area contributed by atoms with Crippen LogP contribution in [0, 0.1) is 11.3 Å². The number of hydrogen-bond acceptors (Lipinski definition) is 7. The smallest absolute Gasteiger partial charge is 0.344 e. The zero-order valence-corrected chi connectivity index (χ0v) is 21.6. The predicted molar refractivity (Wildman–Crippen MR) is 129 cm³/mol. The molecular weight excluding hydrogens is 553 g/mol. The van der Waals surface area contributed by atoms with Crippen LogP contribution in [0.2, 0.25) is 0 Å². The molecule has 4 fully saturated rings. The van der Waals surface area contributed by atoms with Crippen LogP contribution in [-0.2, 0) is 4.79 Å². The normalized spacial score (nSPS) is 28.7. The molecule has 0 bridgehead atoms. The van der Waals surface area contributed by atoms with Crippen molar-refractivity contribution in [3.8, 4) is 0 Å². The third-order valence-corrected chi connectivity index (χ3v) is 9.09. The molecule has 41 heavy (non-hydrogen) atoms. The maximum absolute atomic E-state index is 14.0. The molecule has 1 aliphatic heterocycles. The molecule has 0 aromatic carbocycles. The molecule has 1 spiro atoms. The van der Waals surface area contributed by atoms with E-state index >= 15 is 0 Å². The SMILES string of the molecule is O=C(N[C@H](c1cn2ncc([C@@H]3C[C@]34C[C@@H](C(F)(F)F)NC4=O)cc2n1)C1CCC(F)(F)CC1)c1nonc1C1CC1. The fraction of sp³-hybridized carbons (Fsp3) is 0.615. The molecule has 0 unspecified atom stereocenters. The Kier molecular flexibility index (Phi) is 5.72. The highest BCUT2D eigenvalue weighted by Gasteiger charge is 2.68. The van der Waals surface area contributed by atoms with Gasteiger partial charge in [0.15, 0.2) is 11.3 Å². The average molecular weight is 580 g/mol. The second-order valence-corrected chi connectivity index (χ2v) is 11.9. The first-order valence-corrected chi connectivity index (χ1v) is 13.7. The zero-order chi connectivity index (χ0) is 28.7. The van der Waals surface area contributed by atoms with Crippen LogP contribution in [0.3, 0.4) is 0 Å². The standard InChI is InChI=1S/C26H26F5N7O3/c27-25(28)5-3-13(4-6-25)19(35-22(39)21-20(12-1-2-12)36-41-37-21)16-11-38-18(33-16)7-14(10-32-38)15-8-24(15)9-17(26(29,30)31)34-23(24)40/h7,10-13,15,17,19H,1-6,8-9H2,(H,34,40)(H,35,39)/t15-,17-,19-,24-/m0/s1. The Balaban J connectivity index is 1.16. The molecule has 4 heterocycles. The maximum Gasteiger partial charge on any atom is 0.408 e. The third kappa shape index (κ3) is 4.62. The van der Waals surface area contributed by atoms with Crippen molar-refractivity contribution in [2.75, 3.05) is 0 Å². The molecule has 2 amide bonds. The van der Waals surface area contributed by atoms with Gasteiger partial charge in [-0.2, -0.15) is 18.3 Å². The summed E-state index contributed by atoms with van der Waals surface area (Å²) in [7, 11) is 0. The van der Waals surface area contributed by atoms with E-state index in [1.807, 2.05) is 0 Å². The van der Waals surface area contributed by atoms with Gasteiger partial charge >= 0.3 is 6.18 Å². The highest BCUT2D eigenvalue weighted by molar-refractivity contribution is 5.93. The number of carbonyl (C=O) groups excluding carboxylic acids is 2. The summed E-state index contributed by atoms with van der Waals surface area (Å²) in [4.78, 5) is 30.4. The number of imidazole rings is 1. The number of carbonyl (C=O) groups is 2. The molecule has 7 rings (SSSR count). The largest absolute Gasteiger partial charge is 0.408 e. The lowest BCUT2D eigenvalue weighted by molar-refractivity contribution is -0.155. The zero-order valence-electron chi connectivity index (χ0n) is 21.6. The number of amides is 2. The minimum Gasteiger partial charge on any atom is -0.344 e. The van der Waals surface area contributed by atoms with Gasteiger partial charge in [0, 0.05) is 24.7 Å². The number of alkyl halides is 5. The van der Waals surface area contributed by atoms with E-state index in [1.165, 1.54) is 10.7 Å². The molecule has 218 valence electrons. The highest BCUT2D eigenvalue weighted by atomic mass is 19.4. The first-order chi connectivity index (χ1) is 19.4. The summed E-state index contributed by atoms with van der Waals surface area (Å²) < 4.78 is 73.9. The minimum atomic E-state index is -4.52. The van der Waals surface area contributed by atoms with Gasteiger partial charge in [-0.05, 0) is 61.2 Å². The lowest BCUT2D eigenvalue weighted by Gasteiger charge is -2.33. The van der Waals surface area contributed by atoms with E-state index in [-0.39, 0.29) is 56.1 Å². The Morgan fingerprint density at radius 2 is 1.90 bits per heavy atom. The molecule has 2 N–H and O–H groups in total. The molecule has 3 saturated carbocycles. The van der Waals surface area contributed by atoms with E-state index in [0.717, 1.165) is 12.8 Å². The Bertz CT molecular complexity index is 1520. The number of nitrogens with one attached hydrogen (secondary N) is 2. The van der Waals surface area contributed by atoms with Crippen molar-refractivity contribution in [3.05, 3.63) is 41.1 Å². The number of halogens is 5. The van der Waals surface area contributed by atoms with Gasteiger partial charge < -0.3 is 10.6 Å². The number of nitrogens with zero attached hydrogens (tertiary/aromatic N) is 5. The van der Waals surface area contributed by atoms with Crippen molar-refractivity contribution in [2.24, 2.45) is 11.3 Å². The second-order valence-electron chi connectivity index (χ2n) is 11.9. The third-order valence-electron chi connectivity index (χ3n) is 9.09. The van der Waals surface area contributed by atoms with Crippen molar-refractivity contribution in [3.63, 3.8) is 0 Å². The lowest BCUT2D eigenvalue weighted by atomic mass is 9.81. The topological polar surface area (TPSA) is 127 Å². The van der Waals surface area contributed by atoms with Crippen LogP contribution in [0.15, 0.2) is 23.1 Å². The Morgan fingerprint density at radius 3 is 2.59 bits per heavy atom. The van der Waals surface area contributed by atoms with Crippen molar-refractivity contribution in [1.82, 2.24) is 35.5 Å². The highest BCUT2D eigenvalue weighted by Crippen LogP contribution is 2.65. The molecule has 0 radical (unpaired) electrons. The Labute approximate surface area is 229 Å². The summed E-state index contributed by atoms with van der Waals surface area (Å²) in [5.74, 6) is -4.57. The molecule has 1 saturated heterocycles. The Morgan fingerprint density at radius 1 is 1.15 bits per heavy atom. The van der Waals surface area contributed by atoms with Crippen LogP contribution in [0.5, 0.6) is 0 Å². The van der Waals surface area contributed by atoms with Crippen LogP contribution >= 0.6 is 0 Å². The number of hydrogen-bond donors (Lipinski definition) is 2. The van der Waals surface area contributed by atoms with E-state index in [1.54, 1.807) is 12.3 Å². The summed E-state index contributed by atoms with van der Waals surface area (Å²) in [6.45, 7) is 0. The summed E-state index contributed by atoms with van der Waals surface area (Å²) in [5, 5.41) is 17.0. The van der Waals surface area contributed by atoms with Crippen molar-refractivity contribution in [2.45, 2.75) is 87.4 Å². The van der Waals surface area contributed by atoms with Gasteiger partial charge in [-0.1, -0.05) is 5.16 Å². The fourth-order valence-corrected chi connectivity index (χ4v) is 6.49. The van der Waals surface area contributed by atoms with E-state index < -0.39 is 47.3 Å². The molecule has 10 nitrogen and oxygen atoms in total. The van der Waals surface area contributed by atoms with Crippen molar-refractivity contribution >= 4 is 17.5 Å². The summed E-state index contributed by atoms with van der Waals surface area (Å²) in [6, 6.07) is -0.930.